The number of benzene rings is 3. The van der Waals surface area contributed by atoms with E-state index >= 15 is 0 Å². The minimum atomic E-state index is -0.553. The zero-order chi connectivity index (χ0) is 28.2. The largest absolute Gasteiger partial charge is 0.493 e. The molecule has 0 spiro atoms. The number of rotatable bonds is 8. The number of aryl methyl sites for hydroxylation is 1. The van der Waals surface area contributed by atoms with E-state index in [1.165, 1.54) is 0 Å². The summed E-state index contributed by atoms with van der Waals surface area (Å²) in [4.78, 5) is 28.5. The molecule has 0 saturated carbocycles. The van der Waals surface area contributed by atoms with Gasteiger partial charge in [-0.1, -0.05) is 60.7 Å². The Balaban J connectivity index is 1.36. The van der Waals surface area contributed by atoms with Gasteiger partial charge in [0.1, 0.15) is 5.56 Å². The quantitative estimate of drug-likeness (QED) is 0.297. The van der Waals surface area contributed by atoms with E-state index in [1.807, 2.05) is 79.7 Å². The average Bonchev–Trinajstić information content (AvgIpc) is 3.27. The molecule has 206 valence electrons. The fraction of sp³-hybridized carbons (Fsp3) is 0.281. The van der Waals surface area contributed by atoms with E-state index in [1.54, 1.807) is 30.7 Å². The van der Waals surface area contributed by atoms with Gasteiger partial charge in [0.25, 0.3) is 5.91 Å². The molecule has 0 saturated heterocycles. The Bertz CT molecular complexity index is 1510. The van der Waals surface area contributed by atoms with Gasteiger partial charge < -0.3 is 19.1 Å². The van der Waals surface area contributed by atoms with Crippen molar-refractivity contribution >= 4 is 11.9 Å². The van der Waals surface area contributed by atoms with Crippen LogP contribution in [0.4, 0.5) is 0 Å². The summed E-state index contributed by atoms with van der Waals surface area (Å²) in [7, 11) is 3.21. The highest BCUT2D eigenvalue weighted by Crippen LogP contribution is 2.41. The molecule has 1 amide bonds. The molecule has 8 nitrogen and oxygen atoms in total. The van der Waals surface area contributed by atoms with Gasteiger partial charge in [-0.2, -0.15) is 5.10 Å². The monoisotopic (exact) mass is 539 g/mol. The number of hydrogen-bond donors (Lipinski definition) is 0. The van der Waals surface area contributed by atoms with Crippen LogP contribution in [0.5, 0.6) is 11.5 Å². The molecule has 1 aliphatic heterocycles. The van der Waals surface area contributed by atoms with Gasteiger partial charge in [-0.05, 0) is 54.7 Å². The fourth-order valence-corrected chi connectivity index (χ4v) is 5.39. The summed E-state index contributed by atoms with van der Waals surface area (Å²) < 4.78 is 18.5. The van der Waals surface area contributed by atoms with Crippen molar-refractivity contribution < 1.29 is 23.8 Å². The average molecular weight is 540 g/mol. The SMILES string of the molecule is COc1cc2c(cc1OC)[C@H](c1ccccc1)N(C(=O)COC(=O)c1c(C)nn(Cc3ccccc3)c1C)CC2. The lowest BCUT2D eigenvalue weighted by atomic mass is 9.87. The van der Waals surface area contributed by atoms with Gasteiger partial charge in [-0.3, -0.25) is 9.48 Å². The number of esters is 1. The second-order valence-electron chi connectivity index (χ2n) is 9.82. The lowest BCUT2D eigenvalue weighted by Gasteiger charge is -2.38. The smallest absolute Gasteiger partial charge is 0.342 e. The van der Waals surface area contributed by atoms with E-state index in [-0.39, 0.29) is 18.6 Å². The highest BCUT2D eigenvalue weighted by molar-refractivity contribution is 5.93. The molecule has 1 aromatic heterocycles. The molecule has 0 N–H and O–H groups in total. The molecule has 40 heavy (non-hydrogen) atoms. The Morgan fingerprint density at radius 3 is 2.25 bits per heavy atom. The second-order valence-corrected chi connectivity index (χ2v) is 9.82. The summed E-state index contributed by atoms with van der Waals surface area (Å²) in [5.41, 5.74) is 5.76. The molecule has 0 radical (unpaired) electrons. The molecule has 3 aromatic carbocycles. The highest BCUT2D eigenvalue weighted by atomic mass is 16.5. The summed E-state index contributed by atoms with van der Waals surface area (Å²) in [6.07, 6.45) is 0.642. The van der Waals surface area contributed by atoms with Crippen molar-refractivity contribution in [3.63, 3.8) is 0 Å². The molecular formula is C32H33N3O5. The number of carbonyl (C=O) groups is 2. The topological polar surface area (TPSA) is 82.9 Å². The van der Waals surface area contributed by atoms with Crippen molar-refractivity contribution in [1.82, 2.24) is 14.7 Å². The third kappa shape index (κ3) is 5.30. The summed E-state index contributed by atoms with van der Waals surface area (Å²) in [6.45, 7) is 4.27. The molecule has 5 rings (SSSR count). The van der Waals surface area contributed by atoms with Crippen molar-refractivity contribution in [2.75, 3.05) is 27.4 Å². The first-order chi connectivity index (χ1) is 19.4. The predicted molar refractivity (Wildman–Crippen MR) is 151 cm³/mol. The third-order valence-corrected chi connectivity index (χ3v) is 7.40. The Labute approximate surface area is 234 Å². The number of carbonyl (C=O) groups excluding carboxylic acids is 2. The van der Waals surface area contributed by atoms with Crippen LogP contribution in [0.2, 0.25) is 0 Å². The molecule has 8 heteroatoms. The summed E-state index contributed by atoms with van der Waals surface area (Å²) in [5.74, 6) is 0.430. The molecule has 2 heterocycles. The van der Waals surface area contributed by atoms with Crippen LogP contribution in [-0.4, -0.2) is 53.9 Å². The maximum absolute atomic E-state index is 13.6. The molecule has 0 unspecified atom stereocenters. The molecule has 4 aromatic rings. The molecule has 0 fully saturated rings. The van der Waals surface area contributed by atoms with Gasteiger partial charge in [0, 0.05) is 6.54 Å². The standard InChI is InChI=1S/C32H33N3O5/c1-21-30(22(2)35(33-21)19-23-11-7-5-8-12-23)32(37)40-20-29(36)34-16-15-25-17-27(38-3)28(39-4)18-26(25)31(34)24-13-9-6-10-14-24/h5-14,17-18,31H,15-16,19-20H2,1-4H3/t31-/m0/s1. The van der Waals surface area contributed by atoms with Crippen molar-refractivity contribution in [1.29, 1.82) is 0 Å². The maximum Gasteiger partial charge on any atom is 0.342 e. The fourth-order valence-electron chi connectivity index (χ4n) is 5.39. The van der Waals surface area contributed by atoms with E-state index in [4.69, 9.17) is 14.2 Å². The van der Waals surface area contributed by atoms with Gasteiger partial charge in [0.15, 0.2) is 18.1 Å². The molecular weight excluding hydrogens is 506 g/mol. The van der Waals surface area contributed by atoms with Gasteiger partial charge in [0.2, 0.25) is 0 Å². The number of ether oxygens (including phenoxy) is 3. The minimum Gasteiger partial charge on any atom is -0.493 e. The van der Waals surface area contributed by atoms with Crippen molar-refractivity contribution in [3.8, 4) is 11.5 Å². The van der Waals surface area contributed by atoms with E-state index < -0.39 is 5.97 Å². The molecule has 1 atom stereocenters. The lowest BCUT2D eigenvalue weighted by molar-refractivity contribution is -0.136. The van der Waals surface area contributed by atoms with Crippen molar-refractivity contribution in [3.05, 3.63) is 112 Å². The van der Waals surface area contributed by atoms with E-state index in [0.717, 1.165) is 22.3 Å². The van der Waals surface area contributed by atoms with Crippen LogP contribution < -0.4 is 9.47 Å². The van der Waals surface area contributed by atoms with Crippen LogP contribution in [-0.2, 0) is 22.5 Å². The Hall–Kier alpha value is -4.59. The normalized spacial score (nSPS) is 14.4. The summed E-state index contributed by atoms with van der Waals surface area (Å²) >= 11 is 0. The third-order valence-electron chi connectivity index (χ3n) is 7.40. The Morgan fingerprint density at radius 2 is 1.57 bits per heavy atom. The number of nitrogens with zero attached hydrogens (tertiary/aromatic N) is 3. The Kier molecular flexibility index (Phi) is 7.86. The summed E-state index contributed by atoms with van der Waals surface area (Å²) in [5, 5.41) is 4.55. The first-order valence-electron chi connectivity index (χ1n) is 13.3. The number of hydrogen-bond acceptors (Lipinski definition) is 6. The highest BCUT2D eigenvalue weighted by Gasteiger charge is 2.34. The van der Waals surface area contributed by atoms with Gasteiger partial charge in [-0.25, -0.2) is 4.79 Å². The van der Waals surface area contributed by atoms with Crippen LogP contribution in [0, 0.1) is 13.8 Å². The molecule has 0 bridgehead atoms. The van der Waals surface area contributed by atoms with Gasteiger partial charge >= 0.3 is 5.97 Å². The van der Waals surface area contributed by atoms with E-state index in [2.05, 4.69) is 5.10 Å². The number of aromatic nitrogens is 2. The van der Waals surface area contributed by atoms with Crippen molar-refractivity contribution in [2.24, 2.45) is 0 Å². The summed E-state index contributed by atoms with van der Waals surface area (Å²) in [6, 6.07) is 23.3. The van der Waals surface area contributed by atoms with E-state index in [0.29, 0.717) is 48.0 Å². The number of fused-ring (bicyclic) bond motifs is 1. The minimum absolute atomic E-state index is 0.269. The van der Waals surface area contributed by atoms with Gasteiger partial charge in [0.05, 0.1) is 38.2 Å². The Morgan fingerprint density at radius 1 is 0.925 bits per heavy atom. The van der Waals surface area contributed by atoms with Crippen LogP contribution in [0.15, 0.2) is 72.8 Å². The molecule has 1 aliphatic rings. The predicted octanol–water partition coefficient (Wildman–Crippen LogP) is 4.90. The van der Waals surface area contributed by atoms with Gasteiger partial charge in [-0.15, -0.1) is 0 Å². The second kappa shape index (κ2) is 11.7. The van der Waals surface area contributed by atoms with Crippen LogP contribution in [0.25, 0.3) is 0 Å². The van der Waals surface area contributed by atoms with Crippen LogP contribution >= 0.6 is 0 Å². The van der Waals surface area contributed by atoms with Crippen molar-refractivity contribution in [2.45, 2.75) is 32.9 Å². The lowest BCUT2D eigenvalue weighted by Crippen LogP contribution is -2.42. The van der Waals surface area contributed by atoms with Crippen LogP contribution in [0.3, 0.4) is 0 Å². The first kappa shape index (κ1) is 27.0. The van der Waals surface area contributed by atoms with Crippen LogP contribution in [0.1, 0.15) is 50.0 Å². The molecule has 0 aliphatic carbocycles. The number of methoxy groups -OCH3 is 2. The van der Waals surface area contributed by atoms with E-state index in [9.17, 15) is 9.59 Å². The maximum atomic E-state index is 13.6. The zero-order valence-electron chi connectivity index (χ0n) is 23.2. The zero-order valence-corrected chi connectivity index (χ0v) is 23.2. The number of amides is 1. The first-order valence-corrected chi connectivity index (χ1v) is 13.3.